The number of pyridine rings is 1. The molecule has 2 aromatic rings. The number of hydrogen-bond donors (Lipinski definition) is 2. The zero-order valence-corrected chi connectivity index (χ0v) is 16.4. The minimum absolute atomic E-state index is 0.0120. The van der Waals surface area contributed by atoms with Crippen molar-refractivity contribution in [2.45, 2.75) is 57.9 Å². The number of ketones is 1. The van der Waals surface area contributed by atoms with Crippen molar-refractivity contribution in [1.82, 2.24) is 14.5 Å². The maximum atomic E-state index is 13.1. The standard InChI is InChI=1S/C21H25N3O5/c1-13-12-24(21(29)23-19(13)26)17(9-14-5-3-2-4-6-14)18(25)10-16-8-7-15(11-22-16)20(27)28/h7-8,11-12,14,17H,2-6,9-10H2,1H3,(H,27,28)(H,23,26,29). The topological polar surface area (TPSA) is 122 Å². The molecule has 0 radical (unpaired) electrons. The largest absolute Gasteiger partial charge is 0.478 e. The van der Waals surface area contributed by atoms with Gasteiger partial charge in [-0.2, -0.15) is 0 Å². The van der Waals surface area contributed by atoms with E-state index in [1.165, 1.54) is 35.5 Å². The second-order valence-corrected chi connectivity index (χ2v) is 7.72. The van der Waals surface area contributed by atoms with Gasteiger partial charge >= 0.3 is 11.7 Å². The maximum Gasteiger partial charge on any atom is 0.337 e. The van der Waals surface area contributed by atoms with Crippen LogP contribution in [0, 0.1) is 12.8 Å². The minimum Gasteiger partial charge on any atom is -0.478 e. The molecule has 1 atom stereocenters. The summed E-state index contributed by atoms with van der Waals surface area (Å²) in [6.07, 6.45) is 8.66. The lowest BCUT2D eigenvalue weighted by molar-refractivity contribution is -0.122. The Morgan fingerprint density at radius 2 is 1.97 bits per heavy atom. The predicted molar refractivity (Wildman–Crippen MR) is 106 cm³/mol. The first-order chi connectivity index (χ1) is 13.8. The summed E-state index contributed by atoms with van der Waals surface area (Å²) < 4.78 is 1.33. The van der Waals surface area contributed by atoms with Gasteiger partial charge in [0.25, 0.3) is 5.56 Å². The molecule has 0 aromatic carbocycles. The average Bonchev–Trinajstić information content (AvgIpc) is 2.70. The van der Waals surface area contributed by atoms with E-state index in [1.807, 2.05) is 0 Å². The number of carboxylic acid groups (broad SMARTS) is 1. The minimum atomic E-state index is -1.08. The van der Waals surface area contributed by atoms with Crippen LogP contribution in [0.15, 0.2) is 34.1 Å². The van der Waals surface area contributed by atoms with E-state index >= 15 is 0 Å². The highest BCUT2D eigenvalue weighted by Crippen LogP contribution is 2.31. The zero-order valence-electron chi connectivity index (χ0n) is 16.4. The molecular weight excluding hydrogens is 374 g/mol. The fourth-order valence-electron chi connectivity index (χ4n) is 3.91. The Morgan fingerprint density at radius 1 is 1.24 bits per heavy atom. The molecule has 0 amide bonds. The number of Topliss-reactive ketones (excluding diaryl/α,β-unsaturated/α-hetero) is 1. The van der Waals surface area contributed by atoms with E-state index in [0.29, 0.717) is 23.6 Å². The molecule has 0 bridgehead atoms. The fraction of sp³-hybridized carbons (Fsp3) is 0.476. The molecule has 2 N–H and O–H groups in total. The summed E-state index contributed by atoms with van der Waals surface area (Å²) in [7, 11) is 0. The molecule has 29 heavy (non-hydrogen) atoms. The normalized spacial score (nSPS) is 15.8. The first kappa shape index (κ1) is 20.7. The van der Waals surface area contributed by atoms with Crippen molar-refractivity contribution in [2.24, 2.45) is 5.92 Å². The molecule has 0 aliphatic heterocycles. The van der Waals surface area contributed by atoms with Crippen LogP contribution in [0.3, 0.4) is 0 Å². The zero-order chi connectivity index (χ0) is 21.0. The number of aromatic amines is 1. The SMILES string of the molecule is Cc1cn(C(CC2CCCCC2)C(=O)Cc2ccc(C(=O)O)cn2)c(=O)[nH]c1=O. The van der Waals surface area contributed by atoms with Crippen LogP contribution in [0.25, 0.3) is 0 Å². The van der Waals surface area contributed by atoms with Crippen molar-refractivity contribution in [1.29, 1.82) is 0 Å². The smallest absolute Gasteiger partial charge is 0.337 e. The first-order valence-corrected chi connectivity index (χ1v) is 9.88. The molecule has 1 aliphatic rings. The number of rotatable bonds is 7. The number of carbonyl (C=O) groups excluding carboxylic acids is 1. The lowest BCUT2D eigenvalue weighted by atomic mass is 9.83. The number of carbonyl (C=O) groups is 2. The van der Waals surface area contributed by atoms with Crippen molar-refractivity contribution in [3.8, 4) is 0 Å². The average molecular weight is 399 g/mol. The van der Waals surface area contributed by atoms with E-state index in [9.17, 15) is 19.2 Å². The molecule has 154 valence electrons. The Bertz CT molecular complexity index is 1000. The van der Waals surface area contributed by atoms with Gasteiger partial charge in [0.1, 0.15) is 0 Å². The van der Waals surface area contributed by atoms with Gasteiger partial charge in [-0.05, 0) is 31.4 Å². The molecule has 0 spiro atoms. The van der Waals surface area contributed by atoms with Gasteiger partial charge < -0.3 is 5.11 Å². The van der Waals surface area contributed by atoms with Gasteiger partial charge in [0.15, 0.2) is 5.78 Å². The van der Waals surface area contributed by atoms with Crippen LogP contribution in [0.5, 0.6) is 0 Å². The number of aromatic carboxylic acids is 1. The first-order valence-electron chi connectivity index (χ1n) is 9.88. The summed E-state index contributed by atoms with van der Waals surface area (Å²) in [5.74, 6) is -0.917. The van der Waals surface area contributed by atoms with Crippen LogP contribution in [-0.4, -0.2) is 31.4 Å². The van der Waals surface area contributed by atoms with E-state index in [0.717, 1.165) is 25.7 Å². The molecule has 0 saturated heterocycles. The number of hydrogen-bond acceptors (Lipinski definition) is 5. The van der Waals surface area contributed by atoms with Gasteiger partial charge in [-0.3, -0.25) is 24.1 Å². The van der Waals surface area contributed by atoms with Crippen molar-refractivity contribution in [3.05, 3.63) is 62.2 Å². The van der Waals surface area contributed by atoms with Gasteiger partial charge in [0, 0.05) is 23.7 Å². The summed E-state index contributed by atoms with van der Waals surface area (Å²) in [6, 6.07) is 2.23. The van der Waals surface area contributed by atoms with E-state index in [1.54, 1.807) is 6.92 Å². The molecule has 1 unspecified atom stereocenters. The second kappa shape index (κ2) is 8.98. The number of aryl methyl sites for hydroxylation is 1. The predicted octanol–water partition coefficient (Wildman–Crippen LogP) is 2.26. The van der Waals surface area contributed by atoms with Crippen LogP contribution in [0.4, 0.5) is 0 Å². The highest BCUT2D eigenvalue weighted by Gasteiger charge is 2.27. The van der Waals surface area contributed by atoms with Gasteiger partial charge in [-0.25, -0.2) is 9.59 Å². The summed E-state index contributed by atoms with van der Waals surface area (Å²) in [5, 5.41) is 8.98. The molecule has 2 heterocycles. The lowest BCUT2D eigenvalue weighted by Gasteiger charge is -2.27. The molecule has 8 nitrogen and oxygen atoms in total. The molecular formula is C21H25N3O5. The van der Waals surface area contributed by atoms with Crippen molar-refractivity contribution in [3.63, 3.8) is 0 Å². The van der Waals surface area contributed by atoms with E-state index in [-0.39, 0.29) is 17.8 Å². The number of carboxylic acids is 1. The molecule has 1 fully saturated rings. The highest BCUT2D eigenvalue weighted by molar-refractivity contribution is 5.87. The van der Waals surface area contributed by atoms with Crippen molar-refractivity contribution < 1.29 is 14.7 Å². The number of nitrogens with zero attached hydrogens (tertiary/aromatic N) is 2. The van der Waals surface area contributed by atoms with Crippen LogP contribution in [0.1, 0.15) is 66.2 Å². The summed E-state index contributed by atoms with van der Waals surface area (Å²) in [6.45, 7) is 1.60. The second-order valence-electron chi connectivity index (χ2n) is 7.72. The Labute approximate surface area is 167 Å². The van der Waals surface area contributed by atoms with Gasteiger partial charge in [0.05, 0.1) is 18.0 Å². The summed E-state index contributed by atoms with van der Waals surface area (Å²) in [4.78, 5) is 54.6. The van der Waals surface area contributed by atoms with Crippen molar-refractivity contribution >= 4 is 11.8 Å². The molecule has 8 heteroatoms. The van der Waals surface area contributed by atoms with E-state index < -0.39 is 23.3 Å². The number of H-pyrrole nitrogens is 1. The van der Waals surface area contributed by atoms with E-state index in [2.05, 4.69) is 9.97 Å². The van der Waals surface area contributed by atoms with Crippen LogP contribution in [-0.2, 0) is 11.2 Å². The summed E-state index contributed by atoms with van der Waals surface area (Å²) in [5.41, 5.74) is -0.185. The molecule has 3 rings (SSSR count). The Kier molecular flexibility index (Phi) is 6.41. The molecule has 1 saturated carbocycles. The third-order valence-electron chi connectivity index (χ3n) is 5.56. The molecule has 2 aromatic heterocycles. The van der Waals surface area contributed by atoms with Gasteiger partial charge in [-0.15, -0.1) is 0 Å². The van der Waals surface area contributed by atoms with E-state index in [4.69, 9.17) is 5.11 Å². The van der Waals surface area contributed by atoms with Gasteiger partial charge in [-0.1, -0.05) is 32.1 Å². The number of nitrogens with one attached hydrogen (secondary N) is 1. The highest BCUT2D eigenvalue weighted by atomic mass is 16.4. The Hall–Kier alpha value is -3.03. The summed E-state index contributed by atoms with van der Waals surface area (Å²) >= 11 is 0. The van der Waals surface area contributed by atoms with Gasteiger partial charge in [0.2, 0.25) is 0 Å². The van der Waals surface area contributed by atoms with Crippen molar-refractivity contribution in [2.75, 3.05) is 0 Å². The lowest BCUT2D eigenvalue weighted by Crippen LogP contribution is -2.37. The monoisotopic (exact) mass is 399 g/mol. The van der Waals surface area contributed by atoms with Crippen LogP contribution < -0.4 is 11.2 Å². The molecule has 1 aliphatic carbocycles. The van der Waals surface area contributed by atoms with Crippen LogP contribution in [0.2, 0.25) is 0 Å². The third kappa shape index (κ3) is 5.07. The third-order valence-corrected chi connectivity index (χ3v) is 5.56. The van der Waals surface area contributed by atoms with Crippen LogP contribution >= 0.6 is 0 Å². The Balaban J connectivity index is 1.88. The number of aromatic nitrogens is 3. The fourth-order valence-corrected chi connectivity index (χ4v) is 3.91. The maximum absolute atomic E-state index is 13.1. The quantitative estimate of drug-likeness (QED) is 0.736. The Morgan fingerprint density at radius 3 is 2.59 bits per heavy atom.